The van der Waals surface area contributed by atoms with Gasteiger partial charge < -0.3 is 49.9 Å². The molecule has 0 radical (unpaired) electrons. The standard InChI is InChI=1S/C44H64N8O6Si3.2CH4/c1-59(2,35-19-31-51(43(55)49-39-25-15-9-16-26-39)33-29-45-41(53)47-37-21-11-7-12-22-37)57-61(5,6)58-60(3,4)36-20-32-52(44(56)50-40-27-17-10-18-28-40)34-30-46-42(54)48-38-23-13-8-14-24-38;;/h7-18,21-28H,19-20,29-36H2,1-6H3,(H,49,55)(H,50,56)(H2,45,47,53)(H2,46,48,54);2*1H4. The van der Waals surface area contributed by atoms with E-state index in [0.717, 1.165) is 24.9 Å². The van der Waals surface area contributed by atoms with Crippen LogP contribution in [-0.4, -0.2) is 98.4 Å². The van der Waals surface area contributed by atoms with Crippen LogP contribution in [0.25, 0.3) is 0 Å². The number of nitrogens with one attached hydrogen (secondary N) is 6. The molecule has 0 bridgehead atoms. The molecule has 14 nitrogen and oxygen atoms in total. The summed E-state index contributed by atoms with van der Waals surface area (Å²) in [5.41, 5.74) is 2.78. The Morgan fingerprint density at radius 3 is 1.03 bits per heavy atom. The largest absolute Gasteiger partial charge is 0.437 e. The average Bonchev–Trinajstić information content (AvgIpc) is 3.20. The molecule has 0 heterocycles. The monoisotopic (exact) mass is 916 g/mol. The number of nitrogens with zero attached hydrogens (tertiary/aromatic N) is 2. The van der Waals surface area contributed by atoms with E-state index in [1.807, 2.05) is 121 Å². The average molecular weight is 917 g/mol. The molecular weight excluding hydrogens is 845 g/mol. The van der Waals surface area contributed by atoms with Crippen LogP contribution in [0.15, 0.2) is 121 Å². The first-order chi connectivity index (χ1) is 29.1. The van der Waals surface area contributed by atoms with Crippen molar-refractivity contribution in [3.8, 4) is 0 Å². The van der Waals surface area contributed by atoms with Gasteiger partial charge in [-0.1, -0.05) is 87.6 Å². The Morgan fingerprint density at radius 1 is 0.444 bits per heavy atom. The Labute approximate surface area is 379 Å². The zero-order valence-electron chi connectivity index (χ0n) is 36.5. The highest BCUT2D eigenvalue weighted by Crippen LogP contribution is 2.26. The normalized spacial score (nSPS) is 11.1. The third kappa shape index (κ3) is 21.4. The van der Waals surface area contributed by atoms with Gasteiger partial charge in [-0.2, -0.15) is 0 Å². The topological polar surface area (TPSA) is 165 Å². The van der Waals surface area contributed by atoms with Crippen LogP contribution in [0.4, 0.5) is 41.9 Å². The Balaban J connectivity index is 0.00000683. The number of para-hydroxylation sites is 4. The smallest absolute Gasteiger partial charge is 0.321 e. The van der Waals surface area contributed by atoms with E-state index in [4.69, 9.17) is 8.23 Å². The molecule has 0 saturated carbocycles. The van der Waals surface area contributed by atoms with E-state index in [1.54, 1.807) is 9.80 Å². The number of anilines is 4. The van der Waals surface area contributed by atoms with Crippen molar-refractivity contribution >= 4 is 72.1 Å². The lowest BCUT2D eigenvalue weighted by Crippen LogP contribution is -2.52. The summed E-state index contributed by atoms with van der Waals surface area (Å²) in [6.45, 7) is 15.2. The predicted octanol–water partition coefficient (Wildman–Crippen LogP) is 10.9. The Morgan fingerprint density at radius 2 is 0.730 bits per heavy atom. The van der Waals surface area contributed by atoms with Crippen LogP contribution in [0.5, 0.6) is 0 Å². The zero-order valence-corrected chi connectivity index (χ0v) is 39.5. The fraction of sp³-hybridized carbons (Fsp3) is 0.391. The highest BCUT2D eigenvalue weighted by atomic mass is 28.5. The maximum absolute atomic E-state index is 13.4. The van der Waals surface area contributed by atoms with Gasteiger partial charge in [0, 0.05) is 62.0 Å². The van der Waals surface area contributed by atoms with Crippen LogP contribution in [-0.2, 0) is 8.23 Å². The van der Waals surface area contributed by atoms with Crippen LogP contribution in [0.1, 0.15) is 27.7 Å². The second kappa shape index (κ2) is 26.9. The van der Waals surface area contributed by atoms with Crippen molar-refractivity contribution in [2.75, 3.05) is 60.5 Å². The minimum Gasteiger partial charge on any atom is -0.437 e. The van der Waals surface area contributed by atoms with E-state index in [0.29, 0.717) is 48.9 Å². The number of hydrogen-bond donors (Lipinski definition) is 6. The van der Waals surface area contributed by atoms with Gasteiger partial charge in [0.15, 0.2) is 16.6 Å². The van der Waals surface area contributed by atoms with Gasteiger partial charge in [-0.05, 0) is 113 Å². The van der Waals surface area contributed by atoms with Crippen molar-refractivity contribution in [3.63, 3.8) is 0 Å². The Kier molecular flexibility index (Phi) is 22.9. The predicted molar refractivity (Wildman–Crippen MR) is 268 cm³/mol. The van der Waals surface area contributed by atoms with E-state index in [9.17, 15) is 19.2 Å². The molecule has 17 heteroatoms. The first-order valence-corrected chi connectivity index (χ1v) is 29.9. The fourth-order valence-electron chi connectivity index (χ4n) is 6.93. The number of urea groups is 4. The molecule has 0 atom stereocenters. The maximum Gasteiger partial charge on any atom is 0.321 e. The summed E-state index contributed by atoms with van der Waals surface area (Å²) in [4.78, 5) is 55.4. The SMILES string of the molecule is C.C.C[Si](C)(CCCN(CCNC(=O)Nc1ccccc1)C(=O)Nc1ccccc1)O[Si](C)(C)O[Si](C)(C)CCCN(CCNC(=O)Nc1ccccc1)C(=O)Nc1ccccc1. The first kappa shape index (κ1) is 53.7. The molecule has 0 aliphatic rings. The number of hydrogen-bond acceptors (Lipinski definition) is 6. The fourth-order valence-corrected chi connectivity index (χ4v) is 20.9. The summed E-state index contributed by atoms with van der Waals surface area (Å²) in [6, 6.07) is 37.6. The molecular formula is C46H72N8O6Si3. The Bertz CT molecular complexity index is 1810. The molecule has 0 aromatic heterocycles. The third-order valence-electron chi connectivity index (χ3n) is 9.48. The highest BCUT2D eigenvalue weighted by Gasteiger charge is 2.39. The van der Waals surface area contributed by atoms with Crippen molar-refractivity contribution in [3.05, 3.63) is 121 Å². The van der Waals surface area contributed by atoms with Crippen LogP contribution < -0.4 is 31.9 Å². The molecule has 0 aliphatic heterocycles. The zero-order chi connectivity index (χ0) is 44.1. The molecule has 0 spiro atoms. The number of carbonyl (C=O) groups is 4. The van der Waals surface area contributed by atoms with Gasteiger partial charge in [0.05, 0.1) is 0 Å². The van der Waals surface area contributed by atoms with Gasteiger partial charge in [-0.15, -0.1) is 0 Å². The molecule has 8 amide bonds. The van der Waals surface area contributed by atoms with Gasteiger partial charge >= 0.3 is 32.7 Å². The summed E-state index contributed by atoms with van der Waals surface area (Å²) in [7, 11) is -7.05. The van der Waals surface area contributed by atoms with Gasteiger partial charge in [0.1, 0.15) is 0 Å². The summed E-state index contributed by atoms with van der Waals surface area (Å²) >= 11 is 0. The van der Waals surface area contributed by atoms with Crippen molar-refractivity contribution in [2.24, 2.45) is 0 Å². The van der Waals surface area contributed by atoms with Crippen LogP contribution in [0.2, 0.25) is 51.4 Å². The molecule has 6 N–H and O–H groups in total. The minimum atomic E-state index is -2.58. The Hall–Kier alpha value is -5.47. The molecule has 0 unspecified atom stereocenters. The third-order valence-corrected chi connectivity index (χ3v) is 20.9. The van der Waals surface area contributed by atoms with Crippen LogP contribution >= 0.6 is 0 Å². The van der Waals surface area contributed by atoms with Crippen molar-refractivity contribution < 1.29 is 27.4 Å². The van der Waals surface area contributed by atoms with Crippen LogP contribution in [0.3, 0.4) is 0 Å². The number of amides is 8. The van der Waals surface area contributed by atoms with Crippen molar-refractivity contribution in [1.29, 1.82) is 0 Å². The van der Waals surface area contributed by atoms with Crippen molar-refractivity contribution in [2.45, 2.75) is 79.1 Å². The summed E-state index contributed by atoms with van der Waals surface area (Å²) < 4.78 is 13.8. The quantitative estimate of drug-likeness (QED) is 0.0430. The van der Waals surface area contributed by atoms with E-state index >= 15 is 0 Å². The van der Waals surface area contributed by atoms with Crippen LogP contribution in [0, 0.1) is 0 Å². The van der Waals surface area contributed by atoms with E-state index in [2.05, 4.69) is 71.2 Å². The van der Waals surface area contributed by atoms with E-state index in [1.165, 1.54) is 0 Å². The molecule has 4 rings (SSSR count). The minimum absolute atomic E-state index is 0. The lowest BCUT2D eigenvalue weighted by molar-refractivity contribution is 0.210. The van der Waals surface area contributed by atoms with Crippen molar-refractivity contribution in [1.82, 2.24) is 20.4 Å². The molecule has 0 aliphatic carbocycles. The lowest BCUT2D eigenvalue weighted by atomic mass is 10.3. The maximum atomic E-state index is 13.4. The van der Waals surface area contributed by atoms with Gasteiger partial charge in [-0.25, -0.2) is 19.2 Å². The second-order valence-electron chi connectivity index (χ2n) is 16.4. The number of carbonyl (C=O) groups excluding carboxylic acids is 4. The van der Waals surface area contributed by atoms with Gasteiger partial charge in [0.2, 0.25) is 0 Å². The highest BCUT2D eigenvalue weighted by molar-refractivity contribution is 6.87. The van der Waals surface area contributed by atoms with E-state index in [-0.39, 0.29) is 52.1 Å². The first-order valence-electron chi connectivity index (χ1n) is 20.9. The number of rotatable bonds is 22. The molecule has 63 heavy (non-hydrogen) atoms. The van der Waals surface area contributed by atoms with Gasteiger partial charge in [-0.3, -0.25) is 0 Å². The molecule has 4 aromatic carbocycles. The molecule has 0 saturated heterocycles. The summed E-state index contributed by atoms with van der Waals surface area (Å²) in [5.74, 6) is 0. The molecule has 344 valence electrons. The summed E-state index contributed by atoms with van der Waals surface area (Å²) in [5, 5.41) is 17.3. The second-order valence-corrected chi connectivity index (χ2v) is 28.9. The number of benzene rings is 4. The van der Waals surface area contributed by atoms with E-state index < -0.39 is 25.2 Å². The molecule has 4 aromatic rings. The lowest BCUT2D eigenvalue weighted by Gasteiger charge is -2.39. The summed E-state index contributed by atoms with van der Waals surface area (Å²) in [6.07, 6.45) is 1.46. The van der Waals surface area contributed by atoms with Gasteiger partial charge in [0.25, 0.3) is 0 Å². The molecule has 0 fully saturated rings.